The van der Waals surface area contributed by atoms with Gasteiger partial charge in [0.1, 0.15) is 5.76 Å². The third kappa shape index (κ3) is 1.71. The average molecular weight is 191 g/mol. The zero-order chi connectivity index (χ0) is 9.38. The van der Waals surface area contributed by atoms with Gasteiger partial charge in [0.05, 0.1) is 12.8 Å². The molecule has 2 aliphatic carbocycles. The van der Waals surface area contributed by atoms with Gasteiger partial charge in [0, 0.05) is 0 Å². The van der Waals surface area contributed by atoms with Crippen LogP contribution in [0.15, 0.2) is 22.8 Å². The maximum atomic E-state index is 5.27. The third-order valence-corrected chi connectivity index (χ3v) is 3.65. The van der Waals surface area contributed by atoms with Crippen LogP contribution in [0.5, 0.6) is 0 Å². The van der Waals surface area contributed by atoms with Gasteiger partial charge in [-0.2, -0.15) is 0 Å². The molecule has 1 heterocycles. The van der Waals surface area contributed by atoms with Crippen LogP contribution in [0.25, 0.3) is 0 Å². The van der Waals surface area contributed by atoms with Crippen molar-refractivity contribution >= 4 is 0 Å². The summed E-state index contributed by atoms with van der Waals surface area (Å²) >= 11 is 0. The SMILES string of the molecule is c1coc(CNCC2CC3CC3C2)c1. The maximum Gasteiger partial charge on any atom is 0.117 e. The van der Waals surface area contributed by atoms with Crippen molar-refractivity contribution in [2.75, 3.05) is 6.54 Å². The molecule has 1 aromatic heterocycles. The second kappa shape index (κ2) is 3.43. The molecular weight excluding hydrogens is 174 g/mol. The zero-order valence-electron chi connectivity index (χ0n) is 8.41. The van der Waals surface area contributed by atoms with Gasteiger partial charge in [0.25, 0.3) is 0 Å². The van der Waals surface area contributed by atoms with Gasteiger partial charge >= 0.3 is 0 Å². The van der Waals surface area contributed by atoms with Gasteiger partial charge in [-0.25, -0.2) is 0 Å². The Morgan fingerprint density at radius 1 is 1.29 bits per heavy atom. The summed E-state index contributed by atoms with van der Waals surface area (Å²) in [5, 5.41) is 3.48. The number of rotatable bonds is 4. The van der Waals surface area contributed by atoms with Gasteiger partial charge in [-0.05, 0) is 55.7 Å². The lowest BCUT2D eigenvalue weighted by Crippen LogP contribution is -2.21. The van der Waals surface area contributed by atoms with E-state index in [4.69, 9.17) is 4.42 Å². The Labute approximate surface area is 84.7 Å². The lowest BCUT2D eigenvalue weighted by molar-refractivity contribution is 0.421. The topological polar surface area (TPSA) is 25.2 Å². The van der Waals surface area contributed by atoms with Crippen molar-refractivity contribution in [2.45, 2.75) is 25.8 Å². The molecule has 0 aromatic carbocycles. The quantitative estimate of drug-likeness (QED) is 0.790. The van der Waals surface area contributed by atoms with Crippen LogP contribution in [-0.2, 0) is 6.54 Å². The molecule has 0 spiro atoms. The first-order chi connectivity index (χ1) is 6.92. The highest BCUT2D eigenvalue weighted by atomic mass is 16.3. The highest BCUT2D eigenvalue weighted by molar-refractivity contribution is 4.99. The van der Waals surface area contributed by atoms with E-state index in [2.05, 4.69) is 5.32 Å². The van der Waals surface area contributed by atoms with E-state index in [0.29, 0.717) is 0 Å². The molecule has 1 aromatic rings. The third-order valence-electron chi connectivity index (χ3n) is 3.65. The van der Waals surface area contributed by atoms with Gasteiger partial charge in [0.15, 0.2) is 0 Å². The van der Waals surface area contributed by atoms with Gasteiger partial charge < -0.3 is 9.73 Å². The summed E-state index contributed by atoms with van der Waals surface area (Å²) in [6, 6.07) is 3.97. The molecule has 0 bridgehead atoms. The lowest BCUT2D eigenvalue weighted by atomic mass is 10.0. The minimum absolute atomic E-state index is 0.888. The van der Waals surface area contributed by atoms with Gasteiger partial charge in [-0.3, -0.25) is 0 Å². The van der Waals surface area contributed by atoms with E-state index >= 15 is 0 Å². The van der Waals surface area contributed by atoms with Crippen molar-refractivity contribution in [1.82, 2.24) is 5.32 Å². The highest BCUT2D eigenvalue weighted by Crippen LogP contribution is 2.54. The van der Waals surface area contributed by atoms with E-state index in [1.807, 2.05) is 12.1 Å². The van der Waals surface area contributed by atoms with E-state index < -0.39 is 0 Å². The molecule has 3 rings (SSSR count). The summed E-state index contributed by atoms with van der Waals surface area (Å²) in [6.45, 7) is 2.06. The van der Waals surface area contributed by atoms with Crippen molar-refractivity contribution < 1.29 is 4.42 Å². The fourth-order valence-corrected chi connectivity index (χ4v) is 2.82. The largest absolute Gasteiger partial charge is 0.468 e. The molecular formula is C12H17NO. The molecule has 1 N–H and O–H groups in total. The summed E-state index contributed by atoms with van der Waals surface area (Å²) in [4.78, 5) is 0. The van der Waals surface area contributed by atoms with E-state index in [9.17, 15) is 0 Å². The Hall–Kier alpha value is -0.760. The lowest BCUT2D eigenvalue weighted by Gasteiger charge is -2.11. The van der Waals surface area contributed by atoms with Crippen LogP contribution in [0, 0.1) is 17.8 Å². The fraction of sp³-hybridized carbons (Fsp3) is 0.667. The van der Waals surface area contributed by atoms with Crippen molar-refractivity contribution in [1.29, 1.82) is 0 Å². The van der Waals surface area contributed by atoms with Gasteiger partial charge in [-0.1, -0.05) is 0 Å². The van der Waals surface area contributed by atoms with Crippen LogP contribution in [0.4, 0.5) is 0 Å². The van der Waals surface area contributed by atoms with Crippen LogP contribution in [0.2, 0.25) is 0 Å². The Morgan fingerprint density at radius 2 is 2.14 bits per heavy atom. The standard InChI is InChI=1S/C12H17NO/c1-2-12(14-3-1)8-13-7-9-4-10-6-11(10)5-9/h1-3,9-11,13H,4-8H2. The Bertz CT molecular complexity index is 283. The number of hydrogen-bond donors (Lipinski definition) is 1. The van der Waals surface area contributed by atoms with Crippen LogP contribution in [0.3, 0.4) is 0 Å². The second-order valence-electron chi connectivity index (χ2n) is 4.80. The molecule has 2 heteroatoms. The Kier molecular flexibility index (Phi) is 2.09. The molecule has 0 saturated heterocycles. The molecule has 0 radical (unpaired) electrons. The first-order valence-corrected chi connectivity index (χ1v) is 5.65. The minimum atomic E-state index is 0.888. The fourth-order valence-electron chi connectivity index (χ4n) is 2.82. The first kappa shape index (κ1) is 8.54. The maximum absolute atomic E-state index is 5.27. The summed E-state index contributed by atoms with van der Waals surface area (Å²) in [5.74, 6) is 4.19. The molecule has 76 valence electrons. The van der Waals surface area contributed by atoms with Gasteiger partial charge in [-0.15, -0.1) is 0 Å². The normalized spacial score (nSPS) is 34.4. The van der Waals surface area contributed by atoms with E-state index in [-0.39, 0.29) is 0 Å². The molecule has 14 heavy (non-hydrogen) atoms. The first-order valence-electron chi connectivity index (χ1n) is 5.65. The van der Waals surface area contributed by atoms with Crippen molar-refractivity contribution in [3.63, 3.8) is 0 Å². The molecule has 2 atom stereocenters. The number of fused-ring (bicyclic) bond motifs is 1. The minimum Gasteiger partial charge on any atom is -0.468 e. The monoisotopic (exact) mass is 191 g/mol. The van der Waals surface area contributed by atoms with Crippen molar-refractivity contribution in [3.8, 4) is 0 Å². The van der Waals surface area contributed by atoms with Crippen molar-refractivity contribution in [2.24, 2.45) is 17.8 Å². The van der Waals surface area contributed by atoms with Crippen molar-refractivity contribution in [3.05, 3.63) is 24.2 Å². The summed E-state index contributed by atoms with van der Waals surface area (Å²) < 4.78 is 5.27. The molecule has 2 nitrogen and oxygen atoms in total. The Morgan fingerprint density at radius 3 is 2.86 bits per heavy atom. The highest BCUT2D eigenvalue weighted by Gasteiger charge is 2.45. The zero-order valence-corrected chi connectivity index (χ0v) is 8.41. The summed E-state index contributed by atoms with van der Waals surface area (Å²) in [5.41, 5.74) is 0. The molecule has 2 aliphatic rings. The number of furan rings is 1. The van der Waals surface area contributed by atoms with Crippen LogP contribution >= 0.6 is 0 Å². The number of nitrogens with one attached hydrogen (secondary N) is 1. The summed E-state index contributed by atoms with van der Waals surface area (Å²) in [6.07, 6.45) is 6.20. The average Bonchev–Trinajstić information content (AvgIpc) is 2.69. The predicted octanol–water partition coefficient (Wildman–Crippen LogP) is 2.42. The molecule has 2 fully saturated rings. The van der Waals surface area contributed by atoms with E-state index in [1.165, 1.54) is 25.8 Å². The van der Waals surface area contributed by atoms with Crippen LogP contribution in [0.1, 0.15) is 25.0 Å². The summed E-state index contributed by atoms with van der Waals surface area (Å²) in [7, 11) is 0. The van der Waals surface area contributed by atoms with E-state index in [1.54, 1.807) is 6.26 Å². The molecule has 0 amide bonds. The molecule has 2 saturated carbocycles. The smallest absolute Gasteiger partial charge is 0.117 e. The van der Waals surface area contributed by atoms with Crippen LogP contribution in [-0.4, -0.2) is 6.54 Å². The predicted molar refractivity (Wildman–Crippen MR) is 54.7 cm³/mol. The Balaban J connectivity index is 1.38. The van der Waals surface area contributed by atoms with Gasteiger partial charge in [0.2, 0.25) is 0 Å². The molecule has 0 aliphatic heterocycles. The number of hydrogen-bond acceptors (Lipinski definition) is 2. The van der Waals surface area contributed by atoms with E-state index in [0.717, 1.165) is 30.1 Å². The molecule has 2 unspecified atom stereocenters. The second-order valence-corrected chi connectivity index (χ2v) is 4.80. The van der Waals surface area contributed by atoms with Crippen LogP contribution < -0.4 is 5.32 Å².